The minimum atomic E-state index is 1.14. The van der Waals surface area contributed by atoms with Gasteiger partial charge in [0.25, 0.3) is 0 Å². The van der Waals surface area contributed by atoms with Crippen molar-refractivity contribution in [3.63, 3.8) is 0 Å². The highest BCUT2D eigenvalue weighted by atomic mass is 32.2. The molecule has 0 amide bonds. The van der Waals surface area contributed by atoms with Gasteiger partial charge in [0.15, 0.2) is 0 Å². The number of hydrogen-bond donors (Lipinski definition) is 0. The lowest BCUT2D eigenvalue weighted by molar-refractivity contribution is 1.13. The molecule has 2 aromatic heterocycles. The van der Waals surface area contributed by atoms with Crippen molar-refractivity contribution in [3.8, 4) is 0 Å². The third-order valence-electron chi connectivity index (χ3n) is 2.74. The van der Waals surface area contributed by atoms with Crippen LogP contribution in [0.4, 0.5) is 0 Å². The molecular weight excluding hydrogens is 272 g/mol. The molecule has 0 aromatic carbocycles. The Bertz CT molecular complexity index is 405. The number of aryl methyl sites for hydroxylation is 2. The molecule has 0 aliphatic carbocycles. The lowest BCUT2D eigenvalue weighted by Gasteiger charge is -2.03. The van der Waals surface area contributed by atoms with Crippen molar-refractivity contribution < 1.29 is 0 Å². The molecule has 0 bridgehead atoms. The molecule has 100 valence electrons. The molecule has 2 rings (SSSR count). The van der Waals surface area contributed by atoms with Crippen molar-refractivity contribution in [2.24, 2.45) is 0 Å². The van der Waals surface area contributed by atoms with Gasteiger partial charge in [0.05, 0.1) is 0 Å². The fourth-order valence-corrected chi connectivity index (χ4v) is 3.83. The van der Waals surface area contributed by atoms with Gasteiger partial charge in [0, 0.05) is 29.9 Å². The molecule has 0 aliphatic heterocycles. The normalized spacial score (nSPS) is 10.5. The molecule has 2 aromatic rings. The number of pyridine rings is 2. The van der Waals surface area contributed by atoms with Gasteiger partial charge in [-0.2, -0.15) is 23.5 Å². The van der Waals surface area contributed by atoms with Crippen LogP contribution in [0.1, 0.15) is 11.1 Å². The average molecular weight is 290 g/mol. The van der Waals surface area contributed by atoms with E-state index in [2.05, 4.69) is 34.2 Å². The fraction of sp³-hybridized carbons (Fsp3) is 0.333. The van der Waals surface area contributed by atoms with Crippen LogP contribution in [0.15, 0.2) is 49.1 Å². The highest BCUT2D eigenvalue weighted by Crippen LogP contribution is 2.15. The molecule has 0 saturated carbocycles. The van der Waals surface area contributed by atoms with Crippen LogP contribution in [0.2, 0.25) is 0 Å². The van der Waals surface area contributed by atoms with Crippen LogP contribution >= 0.6 is 23.5 Å². The van der Waals surface area contributed by atoms with E-state index in [1.165, 1.54) is 27.7 Å². The molecule has 0 saturated heterocycles. The summed E-state index contributed by atoms with van der Waals surface area (Å²) in [6.07, 6.45) is 9.73. The molecule has 2 nitrogen and oxygen atoms in total. The summed E-state index contributed by atoms with van der Waals surface area (Å²) in [5, 5.41) is 1.18. The Hall–Kier alpha value is -1.00. The molecule has 0 aliphatic rings. The monoisotopic (exact) mass is 290 g/mol. The van der Waals surface area contributed by atoms with Gasteiger partial charge < -0.3 is 0 Å². The van der Waals surface area contributed by atoms with Crippen LogP contribution in [-0.4, -0.2) is 26.6 Å². The SMILES string of the molecule is c1cc(CCSCSCCc2ccncc2)ccn1. The van der Waals surface area contributed by atoms with Gasteiger partial charge in [-0.05, 0) is 59.7 Å². The third kappa shape index (κ3) is 6.12. The predicted molar refractivity (Wildman–Crippen MR) is 85.7 cm³/mol. The van der Waals surface area contributed by atoms with E-state index in [0.29, 0.717) is 0 Å². The van der Waals surface area contributed by atoms with E-state index in [1.54, 1.807) is 0 Å². The van der Waals surface area contributed by atoms with Crippen molar-refractivity contribution in [2.75, 3.05) is 16.6 Å². The smallest absolute Gasteiger partial charge is 0.0392 e. The van der Waals surface area contributed by atoms with Gasteiger partial charge >= 0.3 is 0 Å². The van der Waals surface area contributed by atoms with Crippen LogP contribution in [0.5, 0.6) is 0 Å². The van der Waals surface area contributed by atoms with Crippen molar-refractivity contribution in [3.05, 3.63) is 60.2 Å². The molecule has 0 radical (unpaired) electrons. The Morgan fingerprint density at radius 1 is 0.684 bits per heavy atom. The molecule has 0 atom stereocenters. The van der Waals surface area contributed by atoms with Gasteiger partial charge in [-0.1, -0.05) is 0 Å². The second kappa shape index (κ2) is 8.99. The Labute approximate surface area is 123 Å². The van der Waals surface area contributed by atoms with E-state index < -0.39 is 0 Å². The Morgan fingerprint density at radius 2 is 1.11 bits per heavy atom. The molecule has 4 heteroatoms. The van der Waals surface area contributed by atoms with E-state index in [0.717, 1.165) is 12.8 Å². The molecule has 0 spiro atoms. The Kier molecular flexibility index (Phi) is 6.82. The standard InChI is InChI=1S/C15H18N2S2/c1-7-16-8-2-14(1)5-11-18-13-19-12-6-15-3-9-17-10-4-15/h1-4,7-10H,5-6,11-13H2. The number of hydrogen-bond acceptors (Lipinski definition) is 4. The zero-order valence-corrected chi connectivity index (χ0v) is 12.5. The van der Waals surface area contributed by atoms with Crippen molar-refractivity contribution in [2.45, 2.75) is 12.8 Å². The number of thioether (sulfide) groups is 2. The third-order valence-corrected chi connectivity index (χ3v) is 5.05. The Balaban J connectivity index is 1.49. The second-order valence-electron chi connectivity index (χ2n) is 4.15. The van der Waals surface area contributed by atoms with Crippen molar-refractivity contribution in [1.82, 2.24) is 9.97 Å². The van der Waals surface area contributed by atoms with Crippen molar-refractivity contribution in [1.29, 1.82) is 0 Å². The van der Waals surface area contributed by atoms with E-state index in [-0.39, 0.29) is 0 Å². The van der Waals surface area contributed by atoms with E-state index in [1.807, 2.05) is 48.3 Å². The van der Waals surface area contributed by atoms with Crippen LogP contribution in [0.3, 0.4) is 0 Å². The van der Waals surface area contributed by atoms with Gasteiger partial charge in [-0.25, -0.2) is 0 Å². The summed E-state index contributed by atoms with van der Waals surface area (Å²) in [5.41, 5.74) is 2.76. The van der Waals surface area contributed by atoms with Gasteiger partial charge in [0.1, 0.15) is 0 Å². The van der Waals surface area contributed by atoms with Gasteiger partial charge in [-0.3, -0.25) is 9.97 Å². The van der Waals surface area contributed by atoms with Crippen LogP contribution in [0, 0.1) is 0 Å². The summed E-state index contributed by atoms with van der Waals surface area (Å²) in [6, 6.07) is 8.38. The summed E-state index contributed by atoms with van der Waals surface area (Å²) in [7, 11) is 0. The van der Waals surface area contributed by atoms with Crippen LogP contribution in [0.25, 0.3) is 0 Å². The second-order valence-corrected chi connectivity index (χ2v) is 6.72. The molecule has 19 heavy (non-hydrogen) atoms. The van der Waals surface area contributed by atoms with Gasteiger partial charge in [-0.15, -0.1) is 0 Å². The van der Waals surface area contributed by atoms with E-state index in [9.17, 15) is 0 Å². The average Bonchev–Trinajstić information content (AvgIpc) is 2.48. The summed E-state index contributed by atoms with van der Waals surface area (Å²) in [6.45, 7) is 0. The van der Waals surface area contributed by atoms with Crippen LogP contribution < -0.4 is 0 Å². The molecule has 0 unspecified atom stereocenters. The molecular formula is C15H18N2S2. The summed E-state index contributed by atoms with van der Waals surface area (Å²) in [4.78, 5) is 8.06. The quantitative estimate of drug-likeness (QED) is 0.547. The van der Waals surface area contributed by atoms with Crippen LogP contribution in [-0.2, 0) is 12.8 Å². The number of nitrogens with zero attached hydrogens (tertiary/aromatic N) is 2. The largest absolute Gasteiger partial charge is 0.265 e. The maximum absolute atomic E-state index is 4.03. The highest BCUT2D eigenvalue weighted by molar-refractivity contribution is 8.15. The molecule has 0 N–H and O–H groups in total. The number of rotatable bonds is 8. The molecule has 0 fully saturated rings. The predicted octanol–water partition coefficient (Wildman–Crippen LogP) is 3.69. The minimum Gasteiger partial charge on any atom is -0.265 e. The van der Waals surface area contributed by atoms with E-state index in [4.69, 9.17) is 0 Å². The lowest BCUT2D eigenvalue weighted by Crippen LogP contribution is -1.91. The van der Waals surface area contributed by atoms with Crippen molar-refractivity contribution >= 4 is 23.5 Å². The maximum atomic E-state index is 4.03. The zero-order chi connectivity index (χ0) is 13.2. The first kappa shape index (κ1) is 14.4. The topological polar surface area (TPSA) is 25.8 Å². The zero-order valence-electron chi connectivity index (χ0n) is 10.9. The fourth-order valence-electron chi connectivity index (χ4n) is 1.66. The first-order valence-corrected chi connectivity index (χ1v) is 8.69. The van der Waals surface area contributed by atoms with E-state index >= 15 is 0 Å². The lowest BCUT2D eigenvalue weighted by atomic mass is 10.2. The molecule has 2 heterocycles. The minimum absolute atomic E-state index is 1.14. The highest BCUT2D eigenvalue weighted by Gasteiger charge is 1.95. The van der Waals surface area contributed by atoms with Gasteiger partial charge in [0.2, 0.25) is 0 Å². The number of aromatic nitrogens is 2. The summed E-state index contributed by atoms with van der Waals surface area (Å²) in [5.74, 6) is 2.37. The maximum Gasteiger partial charge on any atom is 0.0392 e. The summed E-state index contributed by atoms with van der Waals surface area (Å²) < 4.78 is 0. The summed E-state index contributed by atoms with van der Waals surface area (Å²) >= 11 is 4.03. The Morgan fingerprint density at radius 3 is 1.53 bits per heavy atom. The first-order chi connectivity index (χ1) is 9.45. The first-order valence-electron chi connectivity index (χ1n) is 6.38.